The van der Waals surface area contributed by atoms with Crippen molar-refractivity contribution >= 4 is 11.6 Å². The summed E-state index contributed by atoms with van der Waals surface area (Å²) in [4.78, 5) is 14.2. The van der Waals surface area contributed by atoms with E-state index in [4.69, 9.17) is 5.73 Å². The van der Waals surface area contributed by atoms with Crippen LogP contribution in [0.1, 0.15) is 23.2 Å². The molecule has 3 N–H and O–H groups in total. The van der Waals surface area contributed by atoms with E-state index in [0.29, 0.717) is 12.5 Å². The molecule has 1 atom stereocenters. The molecular formula is C14H20FN3O. The number of piperidine rings is 1. The fraction of sp³-hybridized carbons (Fsp3) is 0.500. The molecule has 2 rings (SSSR count). The average Bonchev–Trinajstić information content (AvgIpc) is 2.39. The molecule has 0 aliphatic carbocycles. The third kappa shape index (κ3) is 3.44. The molecule has 1 aliphatic rings. The molecule has 1 aromatic rings. The van der Waals surface area contributed by atoms with Gasteiger partial charge < -0.3 is 16.0 Å². The number of rotatable bonds is 3. The predicted octanol–water partition coefficient (Wildman–Crippen LogP) is 1.48. The van der Waals surface area contributed by atoms with Gasteiger partial charge in [0.05, 0.1) is 11.3 Å². The molecule has 1 saturated heterocycles. The number of nitrogen functional groups attached to an aromatic ring is 1. The topological polar surface area (TPSA) is 58.4 Å². The highest BCUT2D eigenvalue weighted by Crippen LogP contribution is 2.17. The molecule has 0 saturated carbocycles. The van der Waals surface area contributed by atoms with Gasteiger partial charge in [-0.1, -0.05) is 6.07 Å². The summed E-state index contributed by atoms with van der Waals surface area (Å²) in [6.45, 7) is 2.71. The number of hydrogen-bond acceptors (Lipinski definition) is 3. The SMILES string of the molecule is CN1CCCC(CNC(=O)c2cccc(F)c2N)C1. The zero-order chi connectivity index (χ0) is 13.8. The summed E-state index contributed by atoms with van der Waals surface area (Å²) in [5.74, 6) is -0.396. The molecule has 1 fully saturated rings. The van der Waals surface area contributed by atoms with Crippen LogP contribution in [-0.4, -0.2) is 37.5 Å². The zero-order valence-electron chi connectivity index (χ0n) is 11.2. The van der Waals surface area contributed by atoms with Crippen LogP contribution in [0.15, 0.2) is 18.2 Å². The van der Waals surface area contributed by atoms with Gasteiger partial charge in [0.25, 0.3) is 5.91 Å². The lowest BCUT2D eigenvalue weighted by Crippen LogP contribution is -2.39. The van der Waals surface area contributed by atoms with Gasteiger partial charge in [-0.15, -0.1) is 0 Å². The lowest BCUT2D eigenvalue weighted by molar-refractivity contribution is 0.0937. The van der Waals surface area contributed by atoms with Crippen molar-refractivity contribution in [2.75, 3.05) is 32.4 Å². The Labute approximate surface area is 112 Å². The summed E-state index contributed by atoms with van der Waals surface area (Å²) in [5, 5.41) is 2.84. The summed E-state index contributed by atoms with van der Waals surface area (Å²) in [6, 6.07) is 4.29. The van der Waals surface area contributed by atoms with Gasteiger partial charge >= 0.3 is 0 Å². The van der Waals surface area contributed by atoms with Crippen molar-refractivity contribution in [3.8, 4) is 0 Å². The fourth-order valence-corrected chi connectivity index (χ4v) is 2.51. The number of para-hydroxylation sites is 1. The first-order chi connectivity index (χ1) is 9.08. The van der Waals surface area contributed by atoms with Crippen LogP contribution >= 0.6 is 0 Å². The minimum atomic E-state index is -0.551. The molecule has 1 aromatic carbocycles. The van der Waals surface area contributed by atoms with E-state index < -0.39 is 5.82 Å². The molecule has 1 unspecified atom stereocenters. The number of nitrogens with zero attached hydrogens (tertiary/aromatic N) is 1. The van der Waals surface area contributed by atoms with Gasteiger partial charge in [0.1, 0.15) is 5.82 Å². The molecule has 0 bridgehead atoms. The number of nitrogens with one attached hydrogen (secondary N) is 1. The number of likely N-dealkylation sites (tertiary alicyclic amines) is 1. The standard InChI is InChI=1S/C14H20FN3O/c1-18-7-3-4-10(9-18)8-17-14(19)11-5-2-6-12(15)13(11)16/h2,5-6,10H,3-4,7-9,16H2,1H3,(H,17,19). The summed E-state index contributed by atoms with van der Waals surface area (Å²) >= 11 is 0. The van der Waals surface area contributed by atoms with Crippen molar-refractivity contribution in [1.82, 2.24) is 10.2 Å². The van der Waals surface area contributed by atoms with Gasteiger partial charge in [-0.25, -0.2) is 4.39 Å². The lowest BCUT2D eigenvalue weighted by atomic mass is 9.98. The number of hydrogen-bond donors (Lipinski definition) is 2. The van der Waals surface area contributed by atoms with Gasteiger partial charge in [-0.05, 0) is 44.5 Å². The van der Waals surface area contributed by atoms with Crippen LogP contribution in [0.3, 0.4) is 0 Å². The number of nitrogens with two attached hydrogens (primary N) is 1. The smallest absolute Gasteiger partial charge is 0.253 e. The van der Waals surface area contributed by atoms with Gasteiger partial charge in [0.2, 0.25) is 0 Å². The van der Waals surface area contributed by atoms with Crippen molar-refractivity contribution in [2.24, 2.45) is 5.92 Å². The van der Waals surface area contributed by atoms with Crippen molar-refractivity contribution in [1.29, 1.82) is 0 Å². The molecule has 5 heteroatoms. The molecule has 1 amide bonds. The second-order valence-corrected chi connectivity index (χ2v) is 5.18. The maximum Gasteiger partial charge on any atom is 0.253 e. The van der Waals surface area contributed by atoms with Gasteiger partial charge in [-0.3, -0.25) is 4.79 Å². The summed E-state index contributed by atoms with van der Waals surface area (Å²) in [7, 11) is 2.08. The number of benzene rings is 1. The Balaban J connectivity index is 1.92. The number of halogens is 1. The minimum Gasteiger partial charge on any atom is -0.396 e. The van der Waals surface area contributed by atoms with Crippen LogP contribution in [-0.2, 0) is 0 Å². The molecule has 0 radical (unpaired) electrons. The molecule has 0 spiro atoms. The lowest BCUT2D eigenvalue weighted by Gasteiger charge is -2.29. The van der Waals surface area contributed by atoms with Gasteiger partial charge in [0.15, 0.2) is 0 Å². The number of carbonyl (C=O) groups is 1. The first kappa shape index (κ1) is 13.8. The van der Waals surface area contributed by atoms with Gasteiger partial charge in [-0.2, -0.15) is 0 Å². The van der Waals surface area contributed by atoms with Crippen LogP contribution in [0.5, 0.6) is 0 Å². The van der Waals surface area contributed by atoms with Crippen molar-refractivity contribution in [3.05, 3.63) is 29.6 Å². The minimum absolute atomic E-state index is 0.0826. The molecule has 1 heterocycles. The molecule has 0 aromatic heterocycles. The van der Waals surface area contributed by atoms with E-state index in [9.17, 15) is 9.18 Å². The largest absolute Gasteiger partial charge is 0.396 e. The summed E-state index contributed by atoms with van der Waals surface area (Å²) < 4.78 is 13.3. The number of carbonyl (C=O) groups excluding carboxylic acids is 1. The summed E-state index contributed by atoms with van der Waals surface area (Å²) in [6.07, 6.45) is 2.27. The Bertz CT molecular complexity index is 464. The molecule has 19 heavy (non-hydrogen) atoms. The second kappa shape index (κ2) is 6.02. The van der Waals surface area contributed by atoms with Crippen LogP contribution in [0, 0.1) is 11.7 Å². The maximum atomic E-state index is 13.3. The van der Waals surface area contributed by atoms with E-state index in [-0.39, 0.29) is 17.2 Å². The van der Waals surface area contributed by atoms with E-state index in [1.165, 1.54) is 12.1 Å². The molecule has 1 aliphatic heterocycles. The Morgan fingerprint density at radius 3 is 3.11 bits per heavy atom. The van der Waals surface area contributed by atoms with Crippen molar-refractivity contribution in [2.45, 2.75) is 12.8 Å². The molecular weight excluding hydrogens is 245 g/mol. The van der Waals surface area contributed by atoms with Crippen LogP contribution < -0.4 is 11.1 Å². The Hall–Kier alpha value is -1.62. The monoisotopic (exact) mass is 265 g/mol. The molecule has 104 valence electrons. The van der Waals surface area contributed by atoms with Crippen molar-refractivity contribution in [3.63, 3.8) is 0 Å². The third-order valence-electron chi connectivity index (χ3n) is 3.57. The van der Waals surface area contributed by atoms with E-state index in [1.807, 2.05) is 0 Å². The van der Waals surface area contributed by atoms with Crippen molar-refractivity contribution < 1.29 is 9.18 Å². The molecule has 4 nitrogen and oxygen atoms in total. The highest BCUT2D eigenvalue weighted by Gasteiger charge is 2.19. The van der Waals surface area contributed by atoms with E-state index >= 15 is 0 Å². The zero-order valence-corrected chi connectivity index (χ0v) is 11.2. The van der Waals surface area contributed by atoms with Crippen LogP contribution in [0.4, 0.5) is 10.1 Å². The van der Waals surface area contributed by atoms with E-state index in [1.54, 1.807) is 6.07 Å². The van der Waals surface area contributed by atoms with E-state index in [0.717, 1.165) is 25.9 Å². The quantitative estimate of drug-likeness (QED) is 0.814. The number of amides is 1. The summed E-state index contributed by atoms with van der Waals surface area (Å²) in [5.41, 5.74) is 5.70. The third-order valence-corrected chi connectivity index (χ3v) is 3.57. The van der Waals surface area contributed by atoms with Crippen LogP contribution in [0.2, 0.25) is 0 Å². The second-order valence-electron chi connectivity index (χ2n) is 5.18. The fourth-order valence-electron chi connectivity index (χ4n) is 2.51. The normalized spacial score (nSPS) is 20.2. The highest BCUT2D eigenvalue weighted by molar-refractivity contribution is 5.99. The van der Waals surface area contributed by atoms with E-state index in [2.05, 4.69) is 17.3 Å². The number of anilines is 1. The highest BCUT2D eigenvalue weighted by atomic mass is 19.1. The Morgan fingerprint density at radius 1 is 1.58 bits per heavy atom. The maximum absolute atomic E-state index is 13.3. The van der Waals surface area contributed by atoms with Crippen LogP contribution in [0.25, 0.3) is 0 Å². The first-order valence-electron chi connectivity index (χ1n) is 6.58. The first-order valence-corrected chi connectivity index (χ1v) is 6.58. The van der Waals surface area contributed by atoms with Gasteiger partial charge in [0, 0.05) is 13.1 Å². The average molecular weight is 265 g/mol. The predicted molar refractivity (Wildman–Crippen MR) is 73.4 cm³/mol. The Kier molecular flexibility index (Phi) is 4.37. The Morgan fingerprint density at radius 2 is 2.37 bits per heavy atom.